The van der Waals surface area contributed by atoms with Crippen LogP contribution in [0.3, 0.4) is 0 Å². The number of hydrogen-bond acceptors (Lipinski definition) is 3. The van der Waals surface area contributed by atoms with Crippen LogP contribution in [0.25, 0.3) is 0 Å². The van der Waals surface area contributed by atoms with Crippen molar-refractivity contribution < 1.29 is 4.79 Å². The van der Waals surface area contributed by atoms with Crippen molar-refractivity contribution in [2.75, 3.05) is 13.1 Å². The van der Waals surface area contributed by atoms with Gasteiger partial charge in [-0.15, -0.1) is 0 Å². The minimum atomic E-state index is -0.388. The van der Waals surface area contributed by atoms with Crippen molar-refractivity contribution in [2.24, 2.45) is 11.3 Å². The molecular formula is C24H39N3O. The standard InChI is InChI=1S/C24H39N3O/c1-24(2,3)23(28)26-22(21-14-7-9-15-25-21)17-20-13-8-10-16-27(20)18-19-11-5-4-6-12-19/h7,9,14-15,19-20,22H,4-6,8,10-13,16-18H2,1-3H3,(H,26,28)/t20-,22-/m1/s1. The molecule has 1 aromatic rings. The molecule has 0 radical (unpaired) electrons. The van der Waals surface area contributed by atoms with Gasteiger partial charge in [0.25, 0.3) is 0 Å². The van der Waals surface area contributed by atoms with Crippen LogP contribution in [0.15, 0.2) is 24.4 Å². The predicted octanol–water partition coefficient (Wildman–Crippen LogP) is 5.11. The summed E-state index contributed by atoms with van der Waals surface area (Å²) in [6, 6.07) is 6.57. The number of nitrogens with one attached hydrogen (secondary N) is 1. The van der Waals surface area contributed by atoms with Crippen LogP contribution in [-0.2, 0) is 4.79 Å². The van der Waals surface area contributed by atoms with Crippen LogP contribution in [0.2, 0.25) is 0 Å². The van der Waals surface area contributed by atoms with Crippen LogP contribution in [0.1, 0.15) is 90.3 Å². The number of rotatable bonds is 6. The first-order valence-corrected chi connectivity index (χ1v) is 11.4. The topological polar surface area (TPSA) is 45.2 Å². The molecule has 0 spiro atoms. The smallest absolute Gasteiger partial charge is 0.225 e. The summed E-state index contributed by atoms with van der Waals surface area (Å²) < 4.78 is 0. The lowest BCUT2D eigenvalue weighted by Gasteiger charge is -2.40. The molecular weight excluding hydrogens is 346 g/mol. The molecule has 0 unspecified atom stereocenters. The monoisotopic (exact) mass is 385 g/mol. The molecule has 4 nitrogen and oxygen atoms in total. The molecule has 4 heteroatoms. The lowest BCUT2D eigenvalue weighted by molar-refractivity contribution is -0.129. The highest BCUT2D eigenvalue weighted by Crippen LogP contribution is 2.31. The van der Waals surface area contributed by atoms with Crippen LogP contribution in [0, 0.1) is 11.3 Å². The van der Waals surface area contributed by atoms with Gasteiger partial charge in [-0.25, -0.2) is 0 Å². The van der Waals surface area contributed by atoms with Crippen LogP contribution < -0.4 is 5.32 Å². The van der Waals surface area contributed by atoms with Crippen molar-refractivity contribution >= 4 is 5.91 Å². The van der Waals surface area contributed by atoms with E-state index in [4.69, 9.17) is 0 Å². The molecule has 28 heavy (non-hydrogen) atoms. The number of carbonyl (C=O) groups is 1. The molecule has 2 aliphatic rings. The first-order valence-electron chi connectivity index (χ1n) is 11.4. The first-order chi connectivity index (χ1) is 13.4. The highest BCUT2D eigenvalue weighted by molar-refractivity contribution is 5.81. The van der Waals surface area contributed by atoms with Gasteiger partial charge in [0.05, 0.1) is 11.7 Å². The van der Waals surface area contributed by atoms with Crippen molar-refractivity contribution in [1.29, 1.82) is 0 Å². The average Bonchev–Trinajstić information content (AvgIpc) is 2.69. The number of carbonyl (C=O) groups excluding carboxylic acids is 1. The van der Waals surface area contributed by atoms with Gasteiger partial charge in [0, 0.05) is 24.2 Å². The lowest BCUT2D eigenvalue weighted by Crippen LogP contribution is -2.46. The maximum absolute atomic E-state index is 12.7. The molecule has 1 saturated carbocycles. The quantitative estimate of drug-likeness (QED) is 0.740. The zero-order valence-electron chi connectivity index (χ0n) is 18.1. The summed E-state index contributed by atoms with van der Waals surface area (Å²) in [4.78, 5) is 20.1. The molecule has 1 amide bonds. The number of amides is 1. The van der Waals surface area contributed by atoms with E-state index in [0.717, 1.165) is 18.0 Å². The third-order valence-corrected chi connectivity index (χ3v) is 6.51. The summed E-state index contributed by atoms with van der Waals surface area (Å²) in [5.74, 6) is 0.976. The molecule has 2 heterocycles. The summed E-state index contributed by atoms with van der Waals surface area (Å²) in [6.45, 7) is 8.39. The van der Waals surface area contributed by atoms with Crippen molar-refractivity contribution in [3.8, 4) is 0 Å². The molecule has 1 N–H and O–H groups in total. The molecule has 1 aliphatic carbocycles. The minimum Gasteiger partial charge on any atom is -0.347 e. The van der Waals surface area contributed by atoms with Gasteiger partial charge in [-0.1, -0.05) is 52.5 Å². The highest BCUT2D eigenvalue weighted by atomic mass is 16.2. The van der Waals surface area contributed by atoms with E-state index in [2.05, 4.69) is 21.3 Å². The second-order valence-electron chi connectivity index (χ2n) is 9.91. The molecule has 0 bridgehead atoms. The van der Waals surface area contributed by atoms with Crippen LogP contribution in [0.4, 0.5) is 0 Å². The van der Waals surface area contributed by atoms with Crippen LogP contribution >= 0.6 is 0 Å². The Morgan fingerprint density at radius 1 is 1.14 bits per heavy atom. The highest BCUT2D eigenvalue weighted by Gasteiger charge is 2.31. The van der Waals surface area contributed by atoms with E-state index in [-0.39, 0.29) is 17.4 Å². The molecule has 0 aromatic carbocycles. The Morgan fingerprint density at radius 3 is 2.57 bits per heavy atom. The molecule has 2 fully saturated rings. The van der Waals surface area contributed by atoms with E-state index in [1.165, 1.54) is 64.5 Å². The zero-order valence-corrected chi connectivity index (χ0v) is 18.1. The van der Waals surface area contributed by atoms with Crippen LogP contribution in [-0.4, -0.2) is 34.9 Å². The largest absolute Gasteiger partial charge is 0.347 e. The van der Waals surface area contributed by atoms with Gasteiger partial charge in [0.1, 0.15) is 0 Å². The normalized spacial score (nSPS) is 23.3. The summed E-state index contributed by atoms with van der Waals surface area (Å²) in [5.41, 5.74) is 0.602. The number of pyridine rings is 1. The van der Waals surface area contributed by atoms with Gasteiger partial charge in [-0.2, -0.15) is 0 Å². The molecule has 1 aliphatic heterocycles. The Morgan fingerprint density at radius 2 is 1.89 bits per heavy atom. The minimum absolute atomic E-state index is 0.00937. The van der Waals surface area contributed by atoms with E-state index in [9.17, 15) is 4.79 Å². The Bertz CT molecular complexity index is 604. The molecule has 1 saturated heterocycles. The summed E-state index contributed by atoms with van der Waals surface area (Å²) in [7, 11) is 0. The molecule has 3 rings (SSSR count). The fourth-order valence-corrected chi connectivity index (χ4v) is 4.75. The van der Waals surface area contributed by atoms with Crippen LogP contribution in [0.5, 0.6) is 0 Å². The van der Waals surface area contributed by atoms with Crippen molar-refractivity contribution in [1.82, 2.24) is 15.2 Å². The van der Waals surface area contributed by atoms with Gasteiger partial charge < -0.3 is 10.2 Å². The van der Waals surface area contributed by atoms with Crippen molar-refractivity contribution in [2.45, 2.75) is 90.6 Å². The van der Waals surface area contributed by atoms with E-state index >= 15 is 0 Å². The third-order valence-electron chi connectivity index (χ3n) is 6.51. The maximum atomic E-state index is 12.7. The fourth-order valence-electron chi connectivity index (χ4n) is 4.75. The van der Waals surface area contributed by atoms with E-state index in [1.54, 1.807) is 0 Å². The maximum Gasteiger partial charge on any atom is 0.225 e. The SMILES string of the molecule is CC(C)(C)C(=O)N[C@H](C[C@H]1CCCCN1CC1CCCCC1)c1ccccn1. The average molecular weight is 386 g/mol. The predicted molar refractivity (Wildman–Crippen MR) is 115 cm³/mol. The summed E-state index contributed by atoms with van der Waals surface area (Å²) >= 11 is 0. The first kappa shape index (κ1) is 21.3. The number of hydrogen-bond donors (Lipinski definition) is 1. The van der Waals surface area contributed by atoms with Gasteiger partial charge in [0.15, 0.2) is 0 Å². The number of likely N-dealkylation sites (tertiary alicyclic amines) is 1. The van der Waals surface area contributed by atoms with Crippen molar-refractivity contribution in [3.63, 3.8) is 0 Å². The summed E-state index contributed by atoms with van der Waals surface area (Å²) in [6.07, 6.45) is 13.7. The number of piperidine rings is 1. The Labute approximate surface area is 171 Å². The second kappa shape index (κ2) is 9.87. The van der Waals surface area contributed by atoms with E-state index in [0.29, 0.717) is 6.04 Å². The number of aromatic nitrogens is 1. The molecule has 1 aromatic heterocycles. The van der Waals surface area contributed by atoms with E-state index < -0.39 is 0 Å². The van der Waals surface area contributed by atoms with Crippen molar-refractivity contribution in [3.05, 3.63) is 30.1 Å². The van der Waals surface area contributed by atoms with Gasteiger partial charge in [0.2, 0.25) is 5.91 Å². The Kier molecular flexibility index (Phi) is 7.50. The molecule has 156 valence electrons. The van der Waals surface area contributed by atoms with E-state index in [1.807, 2.05) is 39.1 Å². The van der Waals surface area contributed by atoms with Gasteiger partial charge in [-0.3, -0.25) is 9.78 Å². The zero-order chi connectivity index (χ0) is 20.0. The second-order valence-corrected chi connectivity index (χ2v) is 9.91. The number of nitrogens with zero attached hydrogens (tertiary/aromatic N) is 2. The molecule has 2 atom stereocenters. The third kappa shape index (κ3) is 6.04. The Hall–Kier alpha value is -1.42. The fraction of sp³-hybridized carbons (Fsp3) is 0.750. The Balaban J connectivity index is 1.70. The lowest BCUT2D eigenvalue weighted by atomic mass is 9.86. The van der Waals surface area contributed by atoms with Gasteiger partial charge in [-0.05, 0) is 56.7 Å². The van der Waals surface area contributed by atoms with Gasteiger partial charge >= 0.3 is 0 Å². The summed E-state index contributed by atoms with van der Waals surface area (Å²) in [5, 5.41) is 3.32.